The molecule has 0 aliphatic carbocycles. The lowest BCUT2D eigenvalue weighted by molar-refractivity contribution is -0.146. The second-order valence-corrected chi connectivity index (χ2v) is 24.6. The maximum absolute atomic E-state index is 13.2. The third-order valence-electron chi connectivity index (χ3n) is 14.9. The van der Waals surface area contributed by atoms with Crippen molar-refractivity contribution in [2.24, 2.45) is 0 Å². The lowest BCUT2D eigenvalue weighted by Gasteiger charge is -2.29. The Hall–Kier alpha value is -3.22. The van der Waals surface area contributed by atoms with Crippen molar-refractivity contribution < 1.29 is 57.3 Å². The van der Waals surface area contributed by atoms with Crippen molar-refractivity contribution in [2.75, 3.05) is 77.2 Å². The minimum Gasteiger partial charge on any atom is -0.466 e. The standard InChI is InChI=1S/C64H116N4O12S2/c1-5-9-13-17-21-25-29-33-49-77-57(69)37-43-67(44-38-58(70)78-50-34-30-26-22-18-14-10-6-2)47-41-61(73)81-53-55-63(75)66-56(64(76)65-55)54-82-62(74)42-48-68(45-39-59(71)79-51-35-31-27-23-19-15-11-7-3)46-40-60(72)80-52-36-32-28-24-20-16-12-8-4/h55-56H,5-54H2,1-4H3,(H,65,76)(H,66,75). The molecule has 1 heterocycles. The molecule has 0 aromatic rings. The number of amides is 2. The maximum atomic E-state index is 13.2. The van der Waals surface area contributed by atoms with Crippen LogP contribution in [0.25, 0.3) is 0 Å². The second-order valence-electron chi connectivity index (χ2n) is 22.5. The van der Waals surface area contributed by atoms with E-state index in [1.807, 2.05) is 9.80 Å². The molecule has 476 valence electrons. The fourth-order valence-electron chi connectivity index (χ4n) is 9.55. The number of rotatable bonds is 58. The van der Waals surface area contributed by atoms with E-state index < -0.39 is 23.9 Å². The van der Waals surface area contributed by atoms with E-state index >= 15 is 0 Å². The Balaban J connectivity index is 2.65. The minimum atomic E-state index is -0.950. The zero-order valence-electron chi connectivity index (χ0n) is 52.1. The van der Waals surface area contributed by atoms with E-state index in [1.165, 1.54) is 128 Å². The maximum Gasteiger partial charge on any atom is 0.307 e. The molecular weight excluding hydrogens is 1080 g/mol. The fraction of sp³-hybridized carbons (Fsp3) is 0.875. The molecule has 1 rings (SSSR count). The van der Waals surface area contributed by atoms with Gasteiger partial charge in [0.05, 0.1) is 52.1 Å². The summed E-state index contributed by atoms with van der Waals surface area (Å²) in [5.74, 6) is -2.15. The first-order chi connectivity index (χ1) is 39.9. The zero-order chi connectivity index (χ0) is 59.9. The third-order valence-corrected chi connectivity index (χ3v) is 17.0. The molecule has 18 heteroatoms. The summed E-state index contributed by atoms with van der Waals surface area (Å²) in [5.41, 5.74) is 0. The number of ether oxygens (including phenoxy) is 4. The van der Waals surface area contributed by atoms with Crippen molar-refractivity contribution >= 4 is 69.4 Å². The van der Waals surface area contributed by atoms with Crippen LogP contribution in [0, 0.1) is 0 Å². The zero-order valence-corrected chi connectivity index (χ0v) is 53.8. The molecule has 2 amide bonds. The average molecular weight is 1200 g/mol. The molecule has 1 saturated heterocycles. The first-order valence-electron chi connectivity index (χ1n) is 32.9. The van der Waals surface area contributed by atoms with Gasteiger partial charge in [-0.1, -0.05) is 231 Å². The highest BCUT2D eigenvalue weighted by Crippen LogP contribution is 2.17. The van der Waals surface area contributed by atoms with E-state index in [2.05, 4.69) is 38.3 Å². The van der Waals surface area contributed by atoms with Gasteiger partial charge < -0.3 is 39.4 Å². The number of thioether (sulfide) groups is 2. The van der Waals surface area contributed by atoms with Crippen LogP contribution in [0.5, 0.6) is 0 Å². The molecule has 0 bridgehead atoms. The Morgan fingerprint density at radius 1 is 0.329 bits per heavy atom. The van der Waals surface area contributed by atoms with Gasteiger partial charge in [0.15, 0.2) is 10.2 Å². The van der Waals surface area contributed by atoms with Crippen molar-refractivity contribution in [1.82, 2.24) is 20.4 Å². The number of unbranched alkanes of at least 4 members (excludes halogenated alkanes) is 28. The number of nitrogens with one attached hydrogen (secondary N) is 2. The molecule has 1 aliphatic heterocycles. The molecule has 0 saturated carbocycles. The van der Waals surface area contributed by atoms with Crippen LogP contribution in [0.15, 0.2) is 0 Å². The smallest absolute Gasteiger partial charge is 0.307 e. The minimum absolute atomic E-state index is 0.0145. The summed E-state index contributed by atoms with van der Waals surface area (Å²) in [7, 11) is 0. The Bertz CT molecular complexity index is 1480. The first kappa shape index (κ1) is 76.8. The van der Waals surface area contributed by atoms with Crippen LogP contribution in [0.2, 0.25) is 0 Å². The number of hydrogen-bond donors (Lipinski definition) is 2. The number of hydrogen-bond acceptors (Lipinski definition) is 16. The molecule has 2 unspecified atom stereocenters. The van der Waals surface area contributed by atoms with Crippen LogP contribution >= 0.6 is 23.5 Å². The summed E-state index contributed by atoms with van der Waals surface area (Å²) in [4.78, 5) is 107. The summed E-state index contributed by atoms with van der Waals surface area (Å²) >= 11 is 1.87. The quantitative estimate of drug-likeness (QED) is 0.0330. The Kier molecular flexibility index (Phi) is 52.1. The van der Waals surface area contributed by atoms with Gasteiger partial charge in [-0.3, -0.25) is 38.4 Å². The fourth-order valence-corrected chi connectivity index (χ4v) is 11.2. The first-order valence-corrected chi connectivity index (χ1v) is 34.9. The summed E-state index contributed by atoms with van der Waals surface area (Å²) < 4.78 is 22.0. The van der Waals surface area contributed by atoms with Gasteiger partial charge in [0.25, 0.3) is 0 Å². The lowest BCUT2D eigenvalue weighted by atomic mass is 10.1. The molecule has 0 spiro atoms. The summed E-state index contributed by atoms with van der Waals surface area (Å²) in [5, 5.41) is 5.03. The highest BCUT2D eigenvalue weighted by Gasteiger charge is 2.34. The van der Waals surface area contributed by atoms with Crippen LogP contribution in [-0.4, -0.2) is 145 Å². The van der Waals surface area contributed by atoms with Crippen molar-refractivity contribution in [3.8, 4) is 0 Å². The highest BCUT2D eigenvalue weighted by molar-refractivity contribution is 8.13. The lowest BCUT2D eigenvalue weighted by Crippen LogP contribution is -2.63. The van der Waals surface area contributed by atoms with Crippen molar-refractivity contribution in [1.29, 1.82) is 0 Å². The highest BCUT2D eigenvalue weighted by atomic mass is 32.2. The van der Waals surface area contributed by atoms with Gasteiger partial charge in [-0.25, -0.2) is 0 Å². The number of esters is 4. The van der Waals surface area contributed by atoms with E-state index in [4.69, 9.17) is 18.9 Å². The van der Waals surface area contributed by atoms with Gasteiger partial charge in [-0.15, -0.1) is 0 Å². The molecule has 2 N–H and O–H groups in total. The number of nitrogens with zero attached hydrogens (tertiary/aromatic N) is 2. The molecule has 0 aromatic heterocycles. The van der Waals surface area contributed by atoms with Gasteiger partial charge in [-0.2, -0.15) is 0 Å². The van der Waals surface area contributed by atoms with Crippen LogP contribution in [0.1, 0.15) is 272 Å². The summed E-state index contributed by atoms with van der Waals surface area (Å²) in [6.07, 6.45) is 37.3. The molecule has 1 aliphatic rings. The van der Waals surface area contributed by atoms with Crippen molar-refractivity contribution in [3.63, 3.8) is 0 Å². The molecule has 2 atom stereocenters. The van der Waals surface area contributed by atoms with Crippen LogP contribution < -0.4 is 10.6 Å². The number of piperazine rings is 1. The van der Waals surface area contributed by atoms with Gasteiger partial charge in [0.1, 0.15) is 12.1 Å². The van der Waals surface area contributed by atoms with Crippen LogP contribution in [0.4, 0.5) is 0 Å². The molecular formula is C64H116N4O12S2. The Labute approximate surface area is 505 Å². The predicted molar refractivity (Wildman–Crippen MR) is 334 cm³/mol. The SMILES string of the molecule is CCCCCCCCCCOC(=O)CCN(CCC(=O)OCCCCCCCCCC)CCC(=O)SCC1NC(=O)C(CSC(=O)CCN(CCC(=O)OCCCCCCCCCC)CCC(=O)OCCCCCCCCCC)NC1=O. The van der Waals surface area contributed by atoms with Crippen molar-refractivity contribution in [2.45, 2.75) is 284 Å². The van der Waals surface area contributed by atoms with Crippen LogP contribution in [0.3, 0.4) is 0 Å². The molecule has 1 fully saturated rings. The number of carbonyl (C=O) groups excluding carboxylic acids is 8. The molecule has 0 radical (unpaired) electrons. The largest absolute Gasteiger partial charge is 0.466 e. The number of carbonyl (C=O) groups is 8. The molecule has 82 heavy (non-hydrogen) atoms. The molecule has 0 aromatic carbocycles. The molecule has 16 nitrogen and oxygen atoms in total. The summed E-state index contributed by atoms with van der Waals surface area (Å²) in [6.45, 7) is 12.1. The Morgan fingerprint density at radius 3 is 0.768 bits per heavy atom. The van der Waals surface area contributed by atoms with E-state index in [0.29, 0.717) is 52.6 Å². The van der Waals surface area contributed by atoms with E-state index in [9.17, 15) is 38.4 Å². The van der Waals surface area contributed by atoms with Gasteiger partial charge in [-0.05, 0) is 25.7 Å². The monoisotopic (exact) mass is 1200 g/mol. The van der Waals surface area contributed by atoms with E-state index in [-0.39, 0.29) is 97.2 Å². The van der Waals surface area contributed by atoms with Crippen molar-refractivity contribution in [3.05, 3.63) is 0 Å². The van der Waals surface area contributed by atoms with Gasteiger partial charge in [0.2, 0.25) is 11.8 Å². The topological polar surface area (TPSA) is 204 Å². The second kappa shape index (κ2) is 55.6. The Morgan fingerprint density at radius 2 is 0.537 bits per heavy atom. The normalized spacial score (nSPS) is 14.2. The van der Waals surface area contributed by atoms with Gasteiger partial charge in [0, 0.05) is 63.6 Å². The third kappa shape index (κ3) is 47.1. The predicted octanol–water partition coefficient (Wildman–Crippen LogP) is 13.2. The van der Waals surface area contributed by atoms with E-state index in [1.54, 1.807) is 0 Å². The van der Waals surface area contributed by atoms with Gasteiger partial charge >= 0.3 is 23.9 Å². The summed E-state index contributed by atoms with van der Waals surface area (Å²) in [6, 6.07) is -1.90. The average Bonchev–Trinajstić information content (AvgIpc) is 3.51. The van der Waals surface area contributed by atoms with E-state index in [0.717, 1.165) is 101 Å². The van der Waals surface area contributed by atoms with Crippen LogP contribution in [-0.2, 0) is 57.3 Å².